The lowest BCUT2D eigenvalue weighted by Crippen LogP contribution is -2.43. The summed E-state index contributed by atoms with van der Waals surface area (Å²) in [4.78, 5) is 16.7. The Morgan fingerprint density at radius 1 is 1.32 bits per heavy atom. The molecule has 1 fully saturated rings. The van der Waals surface area contributed by atoms with Crippen LogP contribution in [0.3, 0.4) is 0 Å². The van der Waals surface area contributed by atoms with Crippen molar-refractivity contribution in [1.29, 1.82) is 0 Å². The number of hydrogen-bond acceptors (Lipinski definition) is 7. The van der Waals surface area contributed by atoms with Gasteiger partial charge in [-0.3, -0.25) is 4.79 Å². The number of rotatable bonds is 5. The first kappa shape index (κ1) is 21.5. The molecule has 0 radical (unpaired) electrons. The highest BCUT2D eigenvalue weighted by Gasteiger charge is 2.34. The first-order chi connectivity index (χ1) is 14.7. The first-order valence-corrected chi connectivity index (χ1v) is 11.7. The van der Waals surface area contributed by atoms with Crippen LogP contribution in [-0.4, -0.2) is 41.9 Å². The fourth-order valence-electron chi connectivity index (χ4n) is 3.32. The van der Waals surface area contributed by atoms with Gasteiger partial charge in [-0.25, -0.2) is 17.2 Å². The van der Waals surface area contributed by atoms with Crippen LogP contribution in [0.1, 0.15) is 18.7 Å². The topological polar surface area (TPSA) is 105 Å². The van der Waals surface area contributed by atoms with E-state index in [0.717, 1.165) is 29.5 Å². The Bertz CT molecular complexity index is 1230. The van der Waals surface area contributed by atoms with Crippen LogP contribution in [0.4, 0.5) is 14.5 Å². The third-order valence-electron chi connectivity index (χ3n) is 4.90. The van der Waals surface area contributed by atoms with Crippen molar-refractivity contribution in [3.05, 3.63) is 47.2 Å². The van der Waals surface area contributed by atoms with E-state index in [1.54, 1.807) is 12.3 Å². The molecule has 2 aromatic heterocycles. The van der Waals surface area contributed by atoms with Gasteiger partial charge in [0.15, 0.2) is 0 Å². The van der Waals surface area contributed by atoms with Crippen molar-refractivity contribution in [2.45, 2.75) is 24.0 Å². The van der Waals surface area contributed by atoms with Gasteiger partial charge in [-0.15, -0.1) is 11.3 Å². The third kappa shape index (κ3) is 4.50. The predicted molar refractivity (Wildman–Crippen MR) is 109 cm³/mol. The number of aryl methyl sites for hydroxylation is 1. The molecule has 31 heavy (non-hydrogen) atoms. The Morgan fingerprint density at radius 2 is 2.13 bits per heavy atom. The second-order valence-corrected chi connectivity index (χ2v) is 10.2. The fourth-order valence-corrected chi connectivity index (χ4v) is 6.15. The molecule has 1 aliphatic heterocycles. The number of halogens is 2. The Balaban J connectivity index is 1.49. The molecule has 1 atom stereocenters. The lowest BCUT2D eigenvalue weighted by molar-refractivity contribution is -0.120. The number of carbonyl (C=O) groups excluding carboxylic acids is 1. The number of piperidine rings is 1. The van der Waals surface area contributed by atoms with Crippen LogP contribution in [-0.2, 0) is 14.8 Å². The Morgan fingerprint density at radius 3 is 2.87 bits per heavy atom. The molecule has 4 rings (SSSR count). The smallest absolute Gasteiger partial charge is 0.252 e. The summed E-state index contributed by atoms with van der Waals surface area (Å²) in [6.07, 6.45) is 0.901. The van der Waals surface area contributed by atoms with Crippen molar-refractivity contribution in [3.8, 4) is 11.4 Å². The SMILES string of the molecule is Cc1nc(-c2csc(S(=O)(=O)N3CCC[C@@H](C(=O)Nc4cc(F)ccc4F)C3)c2)no1. The Hall–Kier alpha value is -2.70. The minimum Gasteiger partial charge on any atom is -0.339 e. The monoisotopic (exact) mass is 468 g/mol. The predicted octanol–water partition coefficient (Wildman–Crippen LogP) is 3.42. The van der Waals surface area contributed by atoms with Crippen LogP contribution in [0, 0.1) is 24.5 Å². The Labute approximate surface area is 180 Å². The minimum absolute atomic E-state index is 0.0559. The molecule has 1 N–H and O–H groups in total. The van der Waals surface area contributed by atoms with Gasteiger partial charge in [0.05, 0.1) is 11.6 Å². The molecule has 164 valence electrons. The van der Waals surface area contributed by atoms with Crippen LogP contribution in [0.2, 0.25) is 0 Å². The highest BCUT2D eigenvalue weighted by molar-refractivity contribution is 7.91. The molecule has 0 aliphatic carbocycles. The van der Waals surface area contributed by atoms with Crippen molar-refractivity contribution in [1.82, 2.24) is 14.4 Å². The maximum atomic E-state index is 13.8. The second kappa shape index (κ2) is 8.44. The molecule has 1 amide bonds. The summed E-state index contributed by atoms with van der Waals surface area (Å²) in [5.41, 5.74) is 0.247. The van der Waals surface area contributed by atoms with Crippen LogP contribution in [0.15, 0.2) is 38.4 Å². The van der Waals surface area contributed by atoms with Crippen molar-refractivity contribution in [2.24, 2.45) is 5.92 Å². The molecule has 3 heterocycles. The number of sulfonamides is 1. The standard InChI is InChI=1S/C19H18F2N4O4S2/c1-11-22-18(24-29-11)13-7-17(30-10-13)31(27,28)25-6-2-3-12(9-25)19(26)23-16-8-14(20)4-5-15(16)21/h4-5,7-8,10,12H,2-3,6,9H2,1H3,(H,23,26)/t12-/m1/s1. The van der Waals surface area contributed by atoms with Crippen LogP contribution < -0.4 is 5.32 Å². The molecule has 0 spiro atoms. The van der Waals surface area contributed by atoms with E-state index in [-0.39, 0.29) is 23.0 Å². The van der Waals surface area contributed by atoms with Gasteiger partial charge in [0.2, 0.25) is 17.6 Å². The number of carbonyl (C=O) groups is 1. The second-order valence-electron chi connectivity index (χ2n) is 7.11. The molecule has 0 bridgehead atoms. The summed E-state index contributed by atoms with van der Waals surface area (Å²) in [5, 5.41) is 7.77. The molecule has 8 nitrogen and oxygen atoms in total. The minimum atomic E-state index is -3.84. The molecule has 12 heteroatoms. The van der Waals surface area contributed by atoms with Gasteiger partial charge in [-0.05, 0) is 31.0 Å². The van der Waals surface area contributed by atoms with Gasteiger partial charge >= 0.3 is 0 Å². The zero-order chi connectivity index (χ0) is 22.2. The summed E-state index contributed by atoms with van der Waals surface area (Å²) in [7, 11) is -3.84. The lowest BCUT2D eigenvalue weighted by atomic mass is 9.98. The maximum Gasteiger partial charge on any atom is 0.252 e. The molecular formula is C19H18F2N4O4S2. The average Bonchev–Trinajstić information content (AvgIpc) is 3.40. The molecule has 1 aliphatic rings. The average molecular weight is 469 g/mol. The number of anilines is 1. The first-order valence-electron chi connectivity index (χ1n) is 9.39. The largest absolute Gasteiger partial charge is 0.339 e. The van der Waals surface area contributed by atoms with E-state index in [9.17, 15) is 22.0 Å². The number of nitrogens with one attached hydrogen (secondary N) is 1. The number of amides is 1. The summed E-state index contributed by atoms with van der Waals surface area (Å²) in [6, 6.07) is 4.22. The van der Waals surface area contributed by atoms with E-state index < -0.39 is 33.5 Å². The maximum absolute atomic E-state index is 13.8. The summed E-state index contributed by atoms with van der Waals surface area (Å²) >= 11 is 1.03. The fraction of sp³-hybridized carbons (Fsp3) is 0.316. The van der Waals surface area contributed by atoms with Crippen LogP contribution in [0.25, 0.3) is 11.4 Å². The summed E-state index contributed by atoms with van der Waals surface area (Å²) in [6.45, 7) is 1.84. The van der Waals surface area contributed by atoms with Gasteiger partial charge < -0.3 is 9.84 Å². The van der Waals surface area contributed by atoms with Gasteiger partial charge in [0, 0.05) is 37.0 Å². The van der Waals surface area contributed by atoms with Gasteiger partial charge in [0.25, 0.3) is 10.0 Å². The zero-order valence-electron chi connectivity index (χ0n) is 16.3. The number of benzene rings is 1. The zero-order valence-corrected chi connectivity index (χ0v) is 18.0. The van der Waals surface area contributed by atoms with E-state index in [2.05, 4.69) is 15.5 Å². The molecule has 1 saturated heterocycles. The van der Waals surface area contributed by atoms with Crippen molar-refractivity contribution >= 4 is 33.0 Å². The molecule has 0 saturated carbocycles. The molecular weight excluding hydrogens is 450 g/mol. The number of aromatic nitrogens is 2. The number of nitrogens with zero attached hydrogens (tertiary/aromatic N) is 3. The van der Waals surface area contributed by atoms with Gasteiger partial charge in [0.1, 0.15) is 15.8 Å². The highest BCUT2D eigenvalue weighted by atomic mass is 32.2. The van der Waals surface area contributed by atoms with Gasteiger partial charge in [-0.1, -0.05) is 5.16 Å². The number of thiophene rings is 1. The van der Waals surface area contributed by atoms with Crippen molar-refractivity contribution in [2.75, 3.05) is 18.4 Å². The number of hydrogen-bond donors (Lipinski definition) is 1. The highest BCUT2D eigenvalue weighted by Crippen LogP contribution is 2.31. The van der Waals surface area contributed by atoms with Gasteiger partial charge in [-0.2, -0.15) is 9.29 Å². The third-order valence-corrected chi connectivity index (χ3v) is 8.18. The molecule has 0 unspecified atom stereocenters. The van der Waals surface area contributed by atoms with Crippen LogP contribution in [0.5, 0.6) is 0 Å². The van der Waals surface area contributed by atoms with Crippen molar-refractivity contribution in [3.63, 3.8) is 0 Å². The van der Waals surface area contributed by atoms with E-state index in [1.807, 2.05) is 0 Å². The molecule has 1 aromatic carbocycles. The van der Waals surface area contributed by atoms with E-state index in [1.165, 1.54) is 10.4 Å². The van der Waals surface area contributed by atoms with Crippen LogP contribution >= 0.6 is 11.3 Å². The summed E-state index contributed by atoms with van der Waals surface area (Å²) < 4.78 is 59.6. The van der Waals surface area contributed by atoms with E-state index in [0.29, 0.717) is 30.1 Å². The van der Waals surface area contributed by atoms with Crippen molar-refractivity contribution < 1.29 is 26.5 Å². The normalized spacial score (nSPS) is 17.6. The Kier molecular flexibility index (Phi) is 5.86. The summed E-state index contributed by atoms with van der Waals surface area (Å²) in [5.74, 6) is -2.04. The van der Waals surface area contributed by atoms with E-state index >= 15 is 0 Å². The van der Waals surface area contributed by atoms with E-state index in [4.69, 9.17) is 4.52 Å². The molecule has 3 aromatic rings. The quantitative estimate of drug-likeness (QED) is 0.615. The lowest BCUT2D eigenvalue weighted by Gasteiger charge is -2.30.